The van der Waals surface area contributed by atoms with E-state index in [1.54, 1.807) is 20.8 Å². The average Bonchev–Trinajstić information content (AvgIpc) is 2.47. The van der Waals surface area contributed by atoms with E-state index in [-0.39, 0.29) is 25.5 Å². The Morgan fingerprint density at radius 2 is 1.78 bits per heavy atom. The van der Waals surface area contributed by atoms with E-state index in [4.69, 9.17) is 14.2 Å². The summed E-state index contributed by atoms with van der Waals surface area (Å²) in [6, 6.07) is 9.42. The topological polar surface area (TPSA) is 73.9 Å². The number of hydrogen-bond acceptors (Lipinski definition) is 5. The van der Waals surface area contributed by atoms with Gasteiger partial charge in [0.05, 0.1) is 13.2 Å². The minimum Gasteiger partial charge on any atom is -0.494 e. The van der Waals surface area contributed by atoms with Gasteiger partial charge >= 0.3 is 12.1 Å². The van der Waals surface area contributed by atoms with Crippen LogP contribution in [-0.4, -0.2) is 37.4 Å². The molecule has 0 unspecified atom stereocenters. The van der Waals surface area contributed by atoms with Crippen LogP contribution in [0, 0.1) is 0 Å². The second-order valence-electron chi connectivity index (χ2n) is 5.91. The normalized spacial score (nSPS) is 10.7. The lowest BCUT2D eigenvalue weighted by Crippen LogP contribution is -2.34. The summed E-state index contributed by atoms with van der Waals surface area (Å²) in [6.07, 6.45) is 0.330. The molecule has 128 valence electrons. The van der Waals surface area contributed by atoms with Crippen molar-refractivity contribution in [2.75, 3.05) is 19.8 Å². The fourth-order valence-corrected chi connectivity index (χ4v) is 1.63. The molecule has 0 saturated carbocycles. The Morgan fingerprint density at radius 3 is 2.43 bits per heavy atom. The molecule has 0 bridgehead atoms. The van der Waals surface area contributed by atoms with Gasteiger partial charge in [-0.05, 0) is 39.3 Å². The van der Waals surface area contributed by atoms with Crippen molar-refractivity contribution in [2.24, 2.45) is 0 Å². The van der Waals surface area contributed by atoms with Crippen LogP contribution in [0.4, 0.5) is 4.79 Å². The lowest BCUT2D eigenvalue weighted by atomic mass is 10.2. The molecule has 1 N–H and O–H groups in total. The molecule has 0 spiro atoms. The van der Waals surface area contributed by atoms with Gasteiger partial charge in [0.15, 0.2) is 0 Å². The molecule has 1 aromatic rings. The molecule has 0 aliphatic carbocycles. The Morgan fingerprint density at radius 1 is 1.09 bits per heavy atom. The van der Waals surface area contributed by atoms with Gasteiger partial charge in [-0.25, -0.2) is 4.79 Å². The first-order valence-electron chi connectivity index (χ1n) is 7.67. The molecule has 1 rings (SSSR count). The monoisotopic (exact) mass is 323 g/mol. The van der Waals surface area contributed by atoms with Crippen molar-refractivity contribution in [1.82, 2.24) is 5.32 Å². The van der Waals surface area contributed by atoms with Crippen molar-refractivity contribution in [3.05, 3.63) is 30.3 Å². The van der Waals surface area contributed by atoms with Gasteiger partial charge < -0.3 is 19.5 Å². The van der Waals surface area contributed by atoms with Crippen molar-refractivity contribution in [1.29, 1.82) is 0 Å². The highest BCUT2D eigenvalue weighted by atomic mass is 16.6. The number of carbonyl (C=O) groups is 2. The molecule has 23 heavy (non-hydrogen) atoms. The SMILES string of the molecule is CC(C)(C)OC(=O)NCCOC(=O)CCCOc1ccccc1. The molecule has 0 saturated heterocycles. The zero-order valence-corrected chi connectivity index (χ0v) is 14.0. The van der Waals surface area contributed by atoms with Gasteiger partial charge in [0.1, 0.15) is 18.0 Å². The minimum absolute atomic E-state index is 0.123. The molecule has 1 amide bonds. The number of amides is 1. The molecule has 6 nitrogen and oxygen atoms in total. The number of carbonyl (C=O) groups excluding carboxylic acids is 2. The van der Waals surface area contributed by atoms with Gasteiger partial charge in [0, 0.05) is 6.42 Å². The second kappa shape index (κ2) is 9.71. The Hall–Kier alpha value is -2.24. The smallest absolute Gasteiger partial charge is 0.407 e. The summed E-state index contributed by atoms with van der Waals surface area (Å²) in [6.45, 7) is 6.15. The lowest BCUT2D eigenvalue weighted by Gasteiger charge is -2.19. The lowest BCUT2D eigenvalue weighted by molar-refractivity contribution is -0.143. The largest absolute Gasteiger partial charge is 0.494 e. The molecular weight excluding hydrogens is 298 g/mol. The first kappa shape index (κ1) is 18.8. The van der Waals surface area contributed by atoms with E-state index in [2.05, 4.69) is 5.32 Å². The number of nitrogens with one attached hydrogen (secondary N) is 1. The molecule has 0 radical (unpaired) electrons. The first-order valence-corrected chi connectivity index (χ1v) is 7.67. The van der Waals surface area contributed by atoms with Gasteiger partial charge in [-0.1, -0.05) is 18.2 Å². The van der Waals surface area contributed by atoms with Crippen molar-refractivity contribution >= 4 is 12.1 Å². The third kappa shape index (κ3) is 10.2. The standard InChI is InChI=1S/C17H25NO5/c1-17(2,3)23-16(20)18-11-13-22-15(19)10-7-12-21-14-8-5-4-6-9-14/h4-6,8-9H,7,10-13H2,1-3H3,(H,18,20). The molecule has 0 aromatic heterocycles. The van der Waals surface area contributed by atoms with Crippen LogP contribution in [0.5, 0.6) is 5.75 Å². The Labute approximate surface area is 137 Å². The third-order valence-corrected chi connectivity index (χ3v) is 2.57. The maximum Gasteiger partial charge on any atom is 0.407 e. The van der Waals surface area contributed by atoms with Crippen molar-refractivity contribution in [3.8, 4) is 5.75 Å². The van der Waals surface area contributed by atoms with E-state index in [1.807, 2.05) is 30.3 Å². The van der Waals surface area contributed by atoms with Crippen LogP contribution < -0.4 is 10.1 Å². The Kier molecular flexibility index (Phi) is 7.94. The number of ether oxygens (including phenoxy) is 3. The van der Waals surface area contributed by atoms with Crippen molar-refractivity contribution < 1.29 is 23.8 Å². The van der Waals surface area contributed by atoms with Crippen molar-refractivity contribution in [3.63, 3.8) is 0 Å². The maximum atomic E-state index is 11.5. The summed E-state index contributed by atoms with van der Waals surface area (Å²) in [4.78, 5) is 22.9. The van der Waals surface area contributed by atoms with E-state index in [9.17, 15) is 9.59 Å². The Balaban J connectivity index is 2.01. The van der Waals surface area contributed by atoms with Crippen molar-refractivity contribution in [2.45, 2.75) is 39.2 Å². The van der Waals surface area contributed by atoms with Crippen LogP contribution in [0.25, 0.3) is 0 Å². The van der Waals surface area contributed by atoms with Crippen LogP contribution in [0.15, 0.2) is 30.3 Å². The van der Waals surface area contributed by atoms with Crippen LogP contribution in [0.2, 0.25) is 0 Å². The van der Waals surface area contributed by atoms with E-state index < -0.39 is 11.7 Å². The van der Waals surface area contributed by atoms with Crippen LogP contribution in [0.3, 0.4) is 0 Å². The Bertz CT molecular complexity index is 482. The summed E-state index contributed by atoms with van der Waals surface area (Å²) in [5.41, 5.74) is -0.542. The number of alkyl carbamates (subject to hydrolysis) is 1. The zero-order chi connectivity index (χ0) is 17.1. The van der Waals surface area contributed by atoms with Gasteiger partial charge in [-0.3, -0.25) is 4.79 Å². The van der Waals surface area contributed by atoms with Gasteiger partial charge in [0.2, 0.25) is 0 Å². The summed E-state index contributed by atoms with van der Waals surface area (Å²) < 4.78 is 15.5. The highest BCUT2D eigenvalue weighted by Gasteiger charge is 2.15. The van der Waals surface area contributed by atoms with E-state index in [0.717, 1.165) is 5.75 Å². The van der Waals surface area contributed by atoms with Gasteiger partial charge in [-0.15, -0.1) is 0 Å². The van der Waals surface area contributed by atoms with Crippen LogP contribution >= 0.6 is 0 Å². The number of rotatable bonds is 8. The third-order valence-electron chi connectivity index (χ3n) is 2.57. The molecular formula is C17H25NO5. The highest BCUT2D eigenvalue weighted by molar-refractivity contribution is 5.69. The first-order chi connectivity index (χ1) is 10.9. The highest BCUT2D eigenvalue weighted by Crippen LogP contribution is 2.09. The predicted molar refractivity (Wildman–Crippen MR) is 86.4 cm³/mol. The number of benzene rings is 1. The summed E-state index contributed by atoms with van der Waals surface area (Å²) in [7, 11) is 0. The molecule has 0 aliphatic heterocycles. The van der Waals surface area contributed by atoms with E-state index >= 15 is 0 Å². The number of para-hydroxylation sites is 1. The summed E-state index contributed by atoms with van der Waals surface area (Å²) in [5.74, 6) is 0.468. The zero-order valence-electron chi connectivity index (χ0n) is 14.0. The minimum atomic E-state index is -0.542. The molecule has 0 atom stereocenters. The molecule has 1 aromatic carbocycles. The molecule has 0 fully saturated rings. The fourth-order valence-electron chi connectivity index (χ4n) is 1.63. The number of esters is 1. The second-order valence-corrected chi connectivity index (χ2v) is 5.91. The molecule has 6 heteroatoms. The average molecular weight is 323 g/mol. The predicted octanol–water partition coefficient (Wildman–Crippen LogP) is 2.91. The van der Waals surface area contributed by atoms with Gasteiger partial charge in [0.25, 0.3) is 0 Å². The van der Waals surface area contributed by atoms with E-state index in [0.29, 0.717) is 13.0 Å². The number of hydrogen-bond donors (Lipinski definition) is 1. The van der Waals surface area contributed by atoms with E-state index in [1.165, 1.54) is 0 Å². The maximum absolute atomic E-state index is 11.5. The van der Waals surface area contributed by atoms with Crippen LogP contribution in [-0.2, 0) is 14.3 Å². The van der Waals surface area contributed by atoms with Crippen LogP contribution in [0.1, 0.15) is 33.6 Å². The van der Waals surface area contributed by atoms with Gasteiger partial charge in [-0.2, -0.15) is 0 Å². The fraction of sp³-hybridized carbons (Fsp3) is 0.529. The summed E-state index contributed by atoms with van der Waals surface area (Å²) in [5, 5.41) is 2.52. The quantitative estimate of drug-likeness (QED) is 0.588. The summed E-state index contributed by atoms with van der Waals surface area (Å²) >= 11 is 0. The molecule has 0 heterocycles. The molecule has 0 aliphatic rings.